The Morgan fingerprint density at radius 1 is 1.26 bits per heavy atom. The van der Waals surface area contributed by atoms with Gasteiger partial charge in [-0.3, -0.25) is 9.59 Å². The van der Waals surface area contributed by atoms with E-state index in [2.05, 4.69) is 23.8 Å². The first kappa shape index (κ1) is 17.9. The van der Waals surface area contributed by atoms with E-state index in [0.717, 1.165) is 21.3 Å². The molecule has 0 bridgehead atoms. The average molecular weight is 352 g/mol. The summed E-state index contributed by atoms with van der Waals surface area (Å²) in [5.41, 5.74) is 0.519. The van der Waals surface area contributed by atoms with Crippen LogP contribution in [0.15, 0.2) is 11.6 Å². The SMILES string of the molecule is CC(C)Cc1sc(-c2nccs2)nc1C(=O)CCCC(=O)CO. The van der Waals surface area contributed by atoms with Crippen LogP contribution >= 0.6 is 22.7 Å². The molecule has 0 unspecified atom stereocenters. The van der Waals surface area contributed by atoms with Gasteiger partial charge in [-0.25, -0.2) is 9.97 Å². The van der Waals surface area contributed by atoms with Gasteiger partial charge in [0.25, 0.3) is 0 Å². The van der Waals surface area contributed by atoms with Gasteiger partial charge in [0.05, 0.1) is 0 Å². The molecule has 124 valence electrons. The summed E-state index contributed by atoms with van der Waals surface area (Å²) in [6.45, 7) is 3.76. The molecule has 0 aliphatic rings. The normalized spacial score (nSPS) is 11.1. The fourth-order valence-corrected chi connectivity index (χ4v) is 4.11. The third kappa shape index (κ3) is 5.02. The zero-order valence-electron chi connectivity index (χ0n) is 13.2. The van der Waals surface area contributed by atoms with Crippen LogP contribution in [0.4, 0.5) is 0 Å². The molecular weight excluding hydrogens is 332 g/mol. The molecule has 0 saturated carbocycles. The zero-order valence-corrected chi connectivity index (χ0v) is 14.9. The van der Waals surface area contributed by atoms with Crippen molar-refractivity contribution in [2.75, 3.05) is 6.61 Å². The lowest BCUT2D eigenvalue weighted by atomic mass is 10.0. The van der Waals surface area contributed by atoms with Crippen LogP contribution in [0.1, 0.15) is 48.5 Å². The molecule has 0 atom stereocenters. The van der Waals surface area contributed by atoms with Crippen molar-refractivity contribution in [2.45, 2.75) is 39.5 Å². The number of rotatable bonds is 9. The highest BCUT2D eigenvalue weighted by Crippen LogP contribution is 2.31. The van der Waals surface area contributed by atoms with Crippen molar-refractivity contribution in [2.24, 2.45) is 5.92 Å². The smallest absolute Gasteiger partial charge is 0.182 e. The van der Waals surface area contributed by atoms with E-state index in [0.29, 0.717) is 18.0 Å². The molecular formula is C16H20N2O3S2. The van der Waals surface area contributed by atoms with Gasteiger partial charge in [-0.05, 0) is 18.8 Å². The minimum absolute atomic E-state index is 0.0366. The third-order valence-corrected chi connectivity index (χ3v) is 5.20. The largest absolute Gasteiger partial charge is 0.389 e. The molecule has 2 aromatic rings. The molecule has 2 heterocycles. The molecule has 7 heteroatoms. The van der Waals surface area contributed by atoms with E-state index in [-0.39, 0.29) is 24.4 Å². The minimum Gasteiger partial charge on any atom is -0.389 e. The van der Waals surface area contributed by atoms with Crippen LogP contribution < -0.4 is 0 Å². The van der Waals surface area contributed by atoms with E-state index in [9.17, 15) is 9.59 Å². The van der Waals surface area contributed by atoms with Crippen molar-refractivity contribution in [1.29, 1.82) is 0 Å². The van der Waals surface area contributed by atoms with Gasteiger partial charge >= 0.3 is 0 Å². The molecule has 0 fully saturated rings. The Morgan fingerprint density at radius 3 is 2.65 bits per heavy atom. The number of carbonyl (C=O) groups excluding carboxylic acids is 2. The number of Topliss-reactive ketones (excluding diaryl/α,β-unsaturated/α-hetero) is 2. The summed E-state index contributed by atoms with van der Waals surface area (Å²) < 4.78 is 0. The maximum Gasteiger partial charge on any atom is 0.182 e. The van der Waals surface area contributed by atoms with Crippen molar-refractivity contribution < 1.29 is 14.7 Å². The average Bonchev–Trinajstić information content (AvgIpc) is 3.15. The predicted octanol–water partition coefficient (Wildman–Crippen LogP) is 3.38. The second-order valence-corrected chi connectivity index (χ2v) is 7.68. The van der Waals surface area contributed by atoms with Gasteiger partial charge in [0, 0.05) is 29.3 Å². The molecule has 1 N–H and O–H groups in total. The summed E-state index contributed by atoms with van der Waals surface area (Å²) in [7, 11) is 0. The quantitative estimate of drug-likeness (QED) is 0.700. The van der Waals surface area contributed by atoms with Crippen molar-refractivity contribution in [3.05, 3.63) is 22.1 Å². The Hall–Kier alpha value is -1.44. The van der Waals surface area contributed by atoms with Gasteiger partial charge in [-0.2, -0.15) is 0 Å². The summed E-state index contributed by atoms with van der Waals surface area (Å²) >= 11 is 3.03. The first-order chi connectivity index (χ1) is 11.0. The van der Waals surface area contributed by atoms with E-state index in [4.69, 9.17) is 5.11 Å². The Morgan fingerprint density at radius 2 is 2.04 bits per heavy atom. The van der Waals surface area contributed by atoms with E-state index >= 15 is 0 Å². The van der Waals surface area contributed by atoms with Gasteiger partial charge < -0.3 is 5.11 Å². The van der Waals surface area contributed by atoms with Crippen LogP contribution in [0, 0.1) is 5.92 Å². The number of ketones is 2. The highest BCUT2D eigenvalue weighted by molar-refractivity contribution is 7.20. The number of hydrogen-bond acceptors (Lipinski definition) is 7. The maximum atomic E-state index is 12.5. The minimum atomic E-state index is -0.461. The van der Waals surface area contributed by atoms with Gasteiger partial charge in [0.15, 0.2) is 21.6 Å². The Balaban J connectivity index is 2.14. The van der Waals surface area contributed by atoms with Gasteiger partial charge in [-0.1, -0.05) is 13.8 Å². The lowest BCUT2D eigenvalue weighted by molar-refractivity contribution is -0.121. The fourth-order valence-electron chi connectivity index (χ4n) is 2.14. The second-order valence-electron chi connectivity index (χ2n) is 5.70. The Labute approximate surface area is 143 Å². The molecule has 5 nitrogen and oxygen atoms in total. The highest BCUT2D eigenvalue weighted by Gasteiger charge is 2.20. The van der Waals surface area contributed by atoms with E-state index in [1.54, 1.807) is 6.20 Å². The first-order valence-electron chi connectivity index (χ1n) is 7.56. The molecule has 2 aromatic heterocycles. The Kier molecular flexibility index (Phi) is 6.56. The topological polar surface area (TPSA) is 80.2 Å². The first-order valence-corrected chi connectivity index (χ1v) is 9.26. The van der Waals surface area contributed by atoms with E-state index in [1.165, 1.54) is 22.7 Å². The van der Waals surface area contributed by atoms with Crippen LogP contribution in [0.2, 0.25) is 0 Å². The zero-order chi connectivity index (χ0) is 16.8. The number of aliphatic hydroxyl groups is 1. The predicted molar refractivity (Wildman–Crippen MR) is 92.0 cm³/mol. The van der Waals surface area contributed by atoms with Crippen molar-refractivity contribution >= 4 is 34.2 Å². The highest BCUT2D eigenvalue weighted by atomic mass is 32.1. The summed E-state index contributed by atoms with van der Waals surface area (Å²) in [5, 5.41) is 12.2. The number of aliphatic hydroxyl groups excluding tert-OH is 1. The van der Waals surface area contributed by atoms with Crippen molar-refractivity contribution in [3.8, 4) is 10.0 Å². The molecule has 2 rings (SSSR count). The lowest BCUT2D eigenvalue weighted by Crippen LogP contribution is -2.08. The molecule has 0 saturated heterocycles. The molecule has 23 heavy (non-hydrogen) atoms. The fraction of sp³-hybridized carbons (Fsp3) is 0.500. The van der Waals surface area contributed by atoms with Crippen LogP contribution in [-0.4, -0.2) is 33.2 Å². The number of nitrogens with zero attached hydrogens (tertiary/aromatic N) is 2. The summed E-state index contributed by atoms with van der Waals surface area (Å²) in [5.74, 6) is 0.162. The standard InChI is InChI=1S/C16H20N2O3S2/c1-10(2)8-13-14(12(21)5-3-4-11(20)9-19)18-16(23-13)15-17-6-7-22-15/h6-7,10,19H,3-5,8-9H2,1-2H3. The van der Waals surface area contributed by atoms with Crippen molar-refractivity contribution in [3.63, 3.8) is 0 Å². The molecule has 0 amide bonds. The molecule has 0 spiro atoms. The number of aromatic nitrogens is 2. The molecule has 0 aromatic carbocycles. The van der Waals surface area contributed by atoms with Crippen LogP contribution in [0.3, 0.4) is 0 Å². The maximum absolute atomic E-state index is 12.5. The molecule has 0 radical (unpaired) electrons. The van der Waals surface area contributed by atoms with Gasteiger partial charge in [0.1, 0.15) is 12.3 Å². The molecule has 0 aliphatic heterocycles. The van der Waals surface area contributed by atoms with E-state index in [1.807, 2.05) is 5.38 Å². The third-order valence-electron chi connectivity index (χ3n) is 3.21. The van der Waals surface area contributed by atoms with Crippen LogP contribution in [-0.2, 0) is 11.2 Å². The molecule has 0 aliphatic carbocycles. The number of carbonyl (C=O) groups is 2. The van der Waals surface area contributed by atoms with Crippen molar-refractivity contribution in [1.82, 2.24) is 9.97 Å². The number of hydrogen-bond donors (Lipinski definition) is 1. The number of thiazole rings is 2. The van der Waals surface area contributed by atoms with Crippen LogP contribution in [0.5, 0.6) is 0 Å². The summed E-state index contributed by atoms with van der Waals surface area (Å²) in [4.78, 5) is 33.3. The monoisotopic (exact) mass is 352 g/mol. The summed E-state index contributed by atoms with van der Waals surface area (Å²) in [6.07, 6.45) is 3.48. The van der Waals surface area contributed by atoms with E-state index < -0.39 is 6.61 Å². The summed E-state index contributed by atoms with van der Waals surface area (Å²) in [6, 6.07) is 0. The Bertz CT molecular complexity index is 663. The van der Waals surface area contributed by atoms with Crippen LogP contribution in [0.25, 0.3) is 10.0 Å². The second kappa shape index (κ2) is 8.42. The van der Waals surface area contributed by atoms with Gasteiger partial charge in [-0.15, -0.1) is 22.7 Å². The van der Waals surface area contributed by atoms with Gasteiger partial charge in [0.2, 0.25) is 0 Å². The lowest BCUT2D eigenvalue weighted by Gasteiger charge is -2.04.